The summed E-state index contributed by atoms with van der Waals surface area (Å²) in [4.78, 5) is 23.7. The topological polar surface area (TPSA) is 86.8 Å². The Morgan fingerprint density at radius 1 is 1.23 bits per heavy atom. The Labute approximate surface area is 151 Å². The maximum Gasteiger partial charge on any atom is 0.269 e. The summed E-state index contributed by atoms with van der Waals surface area (Å²) in [6.45, 7) is 4.42. The SMILES string of the molecule is Cc1cn[nH]c1C(=O)NCC1CCN(c2cnc3ccccc3n2)CC1. The Hall–Kier alpha value is -2.96. The molecule has 0 aliphatic carbocycles. The minimum atomic E-state index is -0.0807. The number of rotatable bonds is 4. The number of fused-ring (bicyclic) bond motifs is 1. The number of para-hydroxylation sites is 2. The fourth-order valence-electron chi connectivity index (χ4n) is 3.37. The second kappa shape index (κ2) is 7.11. The van der Waals surface area contributed by atoms with Crippen LogP contribution in [0.3, 0.4) is 0 Å². The standard InChI is InChI=1S/C19H22N6O/c1-13-10-22-24-18(13)19(26)21-11-14-6-8-25(9-7-14)17-12-20-15-4-2-3-5-16(15)23-17/h2-5,10,12,14H,6-9,11H2,1H3,(H,21,26)(H,22,24). The summed E-state index contributed by atoms with van der Waals surface area (Å²) in [5.74, 6) is 1.33. The van der Waals surface area contributed by atoms with Crippen molar-refractivity contribution in [2.45, 2.75) is 19.8 Å². The monoisotopic (exact) mass is 350 g/mol. The molecule has 1 amide bonds. The molecular formula is C19H22N6O. The van der Waals surface area contributed by atoms with Crippen LogP contribution in [0.4, 0.5) is 5.82 Å². The van der Waals surface area contributed by atoms with E-state index in [1.807, 2.05) is 37.4 Å². The highest BCUT2D eigenvalue weighted by Gasteiger charge is 2.21. The Morgan fingerprint density at radius 2 is 2.00 bits per heavy atom. The first-order valence-electron chi connectivity index (χ1n) is 8.95. The van der Waals surface area contributed by atoms with Crippen molar-refractivity contribution in [3.63, 3.8) is 0 Å². The fourth-order valence-corrected chi connectivity index (χ4v) is 3.37. The number of H-pyrrole nitrogens is 1. The Morgan fingerprint density at radius 3 is 2.73 bits per heavy atom. The van der Waals surface area contributed by atoms with Crippen molar-refractivity contribution in [3.05, 3.63) is 47.9 Å². The molecule has 0 spiro atoms. The molecule has 0 radical (unpaired) electrons. The van der Waals surface area contributed by atoms with Crippen LogP contribution in [-0.4, -0.2) is 45.7 Å². The van der Waals surface area contributed by atoms with Crippen LogP contribution < -0.4 is 10.2 Å². The normalized spacial score (nSPS) is 15.3. The Balaban J connectivity index is 1.32. The summed E-state index contributed by atoms with van der Waals surface area (Å²) in [5.41, 5.74) is 3.26. The summed E-state index contributed by atoms with van der Waals surface area (Å²) >= 11 is 0. The summed E-state index contributed by atoms with van der Waals surface area (Å²) in [5, 5.41) is 9.67. The number of nitrogens with zero attached hydrogens (tertiary/aromatic N) is 4. The smallest absolute Gasteiger partial charge is 0.269 e. The molecule has 0 atom stereocenters. The largest absolute Gasteiger partial charge is 0.355 e. The molecule has 3 heterocycles. The number of amides is 1. The number of carbonyl (C=O) groups is 1. The summed E-state index contributed by atoms with van der Waals surface area (Å²) in [7, 11) is 0. The van der Waals surface area contributed by atoms with E-state index in [0.717, 1.165) is 48.3 Å². The number of hydrogen-bond donors (Lipinski definition) is 2. The predicted octanol–water partition coefficient (Wildman–Crippen LogP) is 2.31. The van der Waals surface area contributed by atoms with Gasteiger partial charge in [0.05, 0.1) is 23.4 Å². The van der Waals surface area contributed by atoms with E-state index in [0.29, 0.717) is 18.2 Å². The van der Waals surface area contributed by atoms with Crippen LogP contribution in [0.5, 0.6) is 0 Å². The fraction of sp³-hybridized carbons (Fsp3) is 0.368. The van der Waals surface area contributed by atoms with Gasteiger partial charge in [-0.3, -0.25) is 14.9 Å². The molecule has 26 heavy (non-hydrogen) atoms. The lowest BCUT2D eigenvalue weighted by Gasteiger charge is -2.32. The zero-order chi connectivity index (χ0) is 17.9. The highest BCUT2D eigenvalue weighted by molar-refractivity contribution is 5.93. The zero-order valence-electron chi connectivity index (χ0n) is 14.8. The van der Waals surface area contributed by atoms with Crippen molar-refractivity contribution >= 4 is 22.8 Å². The molecule has 0 unspecified atom stereocenters. The number of carbonyl (C=O) groups excluding carboxylic acids is 1. The predicted molar refractivity (Wildman–Crippen MR) is 100 cm³/mol. The second-order valence-electron chi connectivity index (χ2n) is 6.79. The number of aromatic nitrogens is 4. The van der Waals surface area contributed by atoms with Gasteiger partial charge in [-0.1, -0.05) is 12.1 Å². The molecule has 0 bridgehead atoms. The Bertz CT molecular complexity index is 913. The number of aromatic amines is 1. The number of nitrogens with one attached hydrogen (secondary N) is 2. The van der Waals surface area contributed by atoms with Gasteiger partial charge in [0.2, 0.25) is 0 Å². The third kappa shape index (κ3) is 3.37. The Kier molecular flexibility index (Phi) is 4.51. The van der Waals surface area contributed by atoms with Crippen LogP contribution >= 0.6 is 0 Å². The first kappa shape index (κ1) is 16.5. The van der Waals surface area contributed by atoms with Gasteiger partial charge in [0.25, 0.3) is 5.91 Å². The number of anilines is 1. The van der Waals surface area contributed by atoms with E-state index in [2.05, 4.69) is 25.4 Å². The van der Waals surface area contributed by atoms with Crippen LogP contribution in [0.25, 0.3) is 11.0 Å². The lowest BCUT2D eigenvalue weighted by Crippen LogP contribution is -2.39. The van der Waals surface area contributed by atoms with Gasteiger partial charge in [0.1, 0.15) is 11.5 Å². The average molecular weight is 350 g/mol. The maximum absolute atomic E-state index is 12.2. The third-order valence-electron chi connectivity index (χ3n) is 4.98. The molecule has 134 valence electrons. The number of hydrogen-bond acceptors (Lipinski definition) is 5. The summed E-state index contributed by atoms with van der Waals surface area (Å²) in [6.07, 6.45) is 5.57. The van der Waals surface area contributed by atoms with Gasteiger partial charge in [0, 0.05) is 19.6 Å². The van der Waals surface area contributed by atoms with Crippen molar-refractivity contribution in [2.24, 2.45) is 5.92 Å². The molecule has 1 aromatic carbocycles. The average Bonchev–Trinajstić information content (AvgIpc) is 3.12. The van der Waals surface area contributed by atoms with Gasteiger partial charge < -0.3 is 10.2 Å². The van der Waals surface area contributed by atoms with Crippen molar-refractivity contribution in [2.75, 3.05) is 24.5 Å². The second-order valence-corrected chi connectivity index (χ2v) is 6.79. The number of aryl methyl sites for hydroxylation is 1. The molecule has 1 aliphatic heterocycles. The molecule has 1 saturated heterocycles. The first-order chi connectivity index (χ1) is 12.7. The molecule has 2 N–H and O–H groups in total. The molecule has 1 aliphatic rings. The first-order valence-corrected chi connectivity index (χ1v) is 8.95. The molecule has 7 heteroatoms. The van der Waals surface area contributed by atoms with Crippen LogP contribution in [-0.2, 0) is 0 Å². The van der Waals surface area contributed by atoms with Crippen molar-refractivity contribution in [3.8, 4) is 0 Å². The molecular weight excluding hydrogens is 328 g/mol. The van der Waals surface area contributed by atoms with Crippen LogP contribution in [0.1, 0.15) is 28.9 Å². The molecule has 0 saturated carbocycles. The van der Waals surface area contributed by atoms with Crippen molar-refractivity contribution < 1.29 is 4.79 Å². The molecule has 1 fully saturated rings. The van der Waals surface area contributed by atoms with Gasteiger partial charge in [-0.05, 0) is 43.4 Å². The van der Waals surface area contributed by atoms with Crippen LogP contribution in [0.2, 0.25) is 0 Å². The molecule has 3 aromatic rings. The van der Waals surface area contributed by atoms with E-state index < -0.39 is 0 Å². The van der Waals surface area contributed by atoms with Gasteiger partial charge in [-0.25, -0.2) is 4.98 Å². The van der Waals surface area contributed by atoms with Gasteiger partial charge >= 0.3 is 0 Å². The number of benzene rings is 1. The molecule has 7 nitrogen and oxygen atoms in total. The lowest BCUT2D eigenvalue weighted by molar-refractivity contribution is 0.0939. The minimum Gasteiger partial charge on any atom is -0.355 e. The number of piperidine rings is 1. The maximum atomic E-state index is 12.2. The summed E-state index contributed by atoms with van der Waals surface area (Å²) < 4.78 is 0. The quantitative estimate of drug-likeness (QED) is 0.754. The molecule has 2 aromatic heterocycles. The highest BCUT2D eigenvalue weighted by Crippen LogP contribution is 2.22. The van der Waals surface area contributed by atoms with Crippen molar-refractivity contribution in [1.82, 2.24) is 25.5 Å². The van der Waals surface area contributed by atoms with Gasteiger partial charge in [-0.15, -0.1) is 0 Å². The van der Waals surface area contributed by atoms with E-state index in [4.69, 9.17) is 4.98 Å². The lowest BCUT2D eigenvalue weighted by atomic mass is 9.96. The molecule has 4 rings (SSSR count). The minimum absolute atomic E-state index is 0.0807. The van der Waals surface area contributed by atoms with Gasteiger partial charge in [0.15, 0.2) is 0 Å². The van der Waals surface area contributed by atoms with E-state index in [1.165, 1.54) is 0 Å². The van der Waals surface area contributed by atoms with E-state index in [1.54, 1.807) is 6.20 Å². The van der Waals surface area contributed by atoms with E-state index in [9.17, 15) is 4.79 Å². The summed E-state index contributed by atoms with van der Waals surface area (Å²) in [6, 6.07) is 7.92. The van der Waals surface area contributed by atoms with Gasteiger partial charge in [-0.2, -0.15) is 5.10 Å². The van der Waals surface area contributed by atoms with E-state index in [-0.39, 0.29) is 5.91 Å². The highest BCUT2D eigenvalue weighted by atomic mass is 16.1. The van der Waals surface area contributed by atoms with Crippen LogP contribution in [0, 0.1) is 12.8 Å². The van der Waals surface area contributed by atoms with E-state index >= 15 is 0 Å². The van der Waals surface area contributed by atoms with Crippen LogP contribution in [0.15, 0.2) is 36.7 Å². The third-order valence-corrected chi connectivity index (χ3v) is 4.98. The van der Waals surface area contributed by atoms with Crippen molar-refractivity contribution in [1.29, 1.82) is 0 Å². The zero-order valence-corrected chi connectivity index (χ0v) is 14.8.